The van der Waals surface area contributed by atoms with Crippen LogP contribution < -0.4 is 10.6 Å². The van der Waals surface area contributed by atoms with E-state index >= 15 is 0 Å². The van der Waals surface area contributed by atoms with Gasteiger partial charge in [-0.3, -0.25) is 19.4 Å². The second-order valence-electron chi connectivity index (χ2n) is 7.59. The lowest BCUT2D eigenvalue weighted by molar-refractivity contribution is -0.126. The van der Waals surface area contributed by atoms with Gasteiger partial charge >= 0.3 is 0 Å². The number of nitrogens with zero attached hydrogens (tertiary/aromatic N) is 4. The molecule has 2 aromatic rings. The van der Waals surface area contributed by atoms with Gasteiger partial charge in [-0.15, -0.1) is 10.2 Å². The summed E-state index contributed by atoms with van der Waals surface area (Å²) in [6.07, 6.45) is 2.22. The number of nitrogens with one attached hydrogen (secondary N) is 2. The lowest BCUT2D eigenvalue weighted by atomic mass is 10.2. The van der Waals surface area contributed by atoms with E-state index < -0.39 is 0 Å². The van der Waals surface area contributed by atoms with Gasteiger partial charge in [0.05, 0.1) is 12.6 Å². The summed E-state index contributed by atoms with van der Waals surface area (Å²) in [7, 11) is 0. The average molecular weight is 415 g/mol. The molecular weight excluding hydrogens is 388 g/mol. The molecule has 29 heavy (non-hydrogen) atoms. The van der Waals surface area contributed by atoms with Crippen molar-refractivity contribution >= 4 is 28.8 Å². The second-order valence-corrected chi connectivity index (χ2v) is 8.65. The van der Waals surface area contributed by atoms with Gasteiger partial charge in [-0.2, -0.15) is 0 Å². The fourth-order valence-electron chi connectivity index (χ4n) is 3.33. The molecule has 1 aliphatic carbocycles. The van der Waals surface area contributed by atoms with Gasteiger partial charge in [0.2, 0.25) is 10.9 Å². The lowest BCUT2D eigenvalue weighted by Gasteiger charge is -2.37. The number of anilines is 1. The van der Waals surface area contributed by atoms with Gasteiger partial charge in [-0.05, 0) is 31.9 Å². The normalized spacial score (nSPS) is 18.9. The predicted molar refractivity (Wildman–Crippen MR) is 112 cm³/mol. The van der Waals surface area contributed by atoms with E-state index in [1.807, 2.05) is 37.3 Å². The number of hydrogen-bond donors (Lipinski definition) is 2. The molecule has 2 aliphatic rings. The van der Waals surface area contributed by atoms with Crippen molar-refractivity contribution in [1.82, 2.24) is 25.3 Å². The summed E-state index contributed by atoms with van der Waals surface area (Å²) in [6, 6.07) is 9.63. The summed E-state index contributed by atoms with van der Waals surface area (Å²) in [6.45, 7) is 6.08. The topological polar surface area (TPSA) is 90.5 Å². The van der Waals surface area contributed by atoms with Crippen LogP contribution in [-0.4, -0.2) is 70.1 Å². The van der Waals surface area contributed by atoms with Gasteiger partial charge in [0.25, 0.3) is 5.91 Å². The van der Waals surface area contributed by atoms with Crippen molar-refractivity contribution < 1.29 is 9.59 Å². The minimum atomic E-state index is -0.236. The third-order valence-corrected chi connectivity index (χ3v) is 6.22. The molecule has 2 heterocycles. The van der Waals surface area contributed by atoms with E-state index in [1.54, 1.807) is 0 Å². The highest BCUT2D eigenvalue weighted by Gasteiger charge is 2.30. The van der Waals surface area contributed by atoms with Crippen molar-refractivity contribution in [1.29, 1.82) is 0 Å². The van der Waals surface area contributed by atoms with Crippen LogP contribution in [-0.2, 0) is 11.3 Å². The molecule has 1 aromatic carbocycles. The van der Waals surface area contributed by atoms with E-state index in [0.717, 1.165) is 49.7 Å². The van der Waals surface area contributed by atoms with Crippen molar-refractivity contribution in [2.24, 2.45) is 0 Å². The molecule has 4 rings (SSSR count). The van der Waals surface area contributed by atoms with E-state index in [1.165, 1.54) is 11.3 Å². The molecule has 1 saturated carbocycles. The van der Waals surface area contributed by atoms with Crippen LogP contribution >= 0.6 is 11.3 Å². The first-order valence-corrected chi connectivity index (χ1v) is 10.9. The first-order chi connectivity index (χ1) is 14.1. The first-order valence-electron chi connectivity index (χ1n) is 10.0. The largest absolute Gasteiger partial charge is 0.352 e. The highest BCUT2D eigenvalue weighted by atomic mass is 32.1. The van der Waals surface area contributed by atoms with Crippen LogP contribution in [0.5, 0.6) is 0 Å². The van der Waals surface area contributed by atoms with Crippen LogP contribution in [0.1, 0.15) is 34.6 Å². The Labute approximate surface area is 174 Å². The average Bonchev–Trinajstić information content (AvgIpc) is 3.43. The minimum absolute atomic E-state index is 0.0902. The van der Waals surface area contributed by atoms with Gasteiger partial charge in [-0.25, -0.2) is 0 Å². The Balaban J connectivity index is 1.24. The van der Waals surface area contributed by atoms with Gasteiger partial charge in [-0.1, -0.05) is 29.5 Å². The Morgan fingerprint density at radius 3 is 2.55 bits per heavy atom. The maximum atomic E-state index is 12.3. The maximum Gasteiger partial charge on any atom is 0.286 e. The Kier molecular flexibility index (Phi) is 6.17. The van der Waals surface area contributed by atoms with Gasteiger partial charge in [0.1, 0.15) is 5.01 Å². The molecule has 1 saturated heterocycles. The number of aromatic nitrogens is 2. The van der Waals surface area contributed by atoms with Crippen molar-refractivity contribution in [2.75, 3.05) is 31.5 Å². The molecule has 0 radical (unpaired) electrons. The third kappa shape index (κ3) is 5.37. The molecule has 1 unspecified atom stereocenters. The second kappa shape index (κ2) is 8.98. The quantitative estimate of drug-likeness (QED) is 0.715. The van der Waals surface area contributed by atoms with Crippen LogP contribution in [0.2, 0.25) is 0 Å². The standard InChI is InChI=1S/C20H26N6O2S/c1-14(18(27)21-16-7-8-16)26-11-9-25(10-12-26)13-17-23-24-20(29-17)19(28)22-15-5-3-2-4-6-15/h2-6,14,16H,7-13H2,1H3,(H,21,27)(H,22,28). The van der Waals surface area contributed by atoms with Crippen molar-refractivity contribution in [2.45, 2.75) is 38.4 Å². The molecule has 1 aromatic heterocycles. The van der Waals surface area contributed by atoms with Gasteiger partial charge in [0, 0.05) is 37.9 Å². The summed E-state index contributed by atoms with van der Waals surface area (Å²) in [5.41, 5.74) is 0.741. The van der Waals surface area contributed by atoms with Crippen LogP contribution in [0, 0.1) is 0 Å². The Bertz CT molecular complexity index is 846. The summed E-state index contributed by atoms with van der Waals surface area (Å²) >= 11 is 1.33. The SMILES string of the molecule is CC(C(=O)NC1CC1)N1CCN(Cc2nnc(C(=O)Nc3ccccc3)s2)CC1. The minimum Gasteiger partial charge on any atom is -0.352 e. The van der Waals surface area contributed by atoms with Crippen LogP contribution in [0.25, 0.3) is 0 Å². The molecule has 2 fully saturated rings. The van der Waals surface area contributed by atoms with Crippen LogP contribution in [0.3, 0.4) is 0 Å². The molecule has 0 bridgehead atoms. The van der Waals surface area contributed by atoms with E-state index in [2.05, 4.69) is 30.6 Å². The van der Waals surface area contributed by atoms with E-state index in [9.17, 15) is 9.59 Å². The lowest BCUT2D eigenvalue weighted by Crippen LogP contribution is -2.53. The summed E-state index contributed by atoms with van der Waals surface area (Å²) in [4.78, 5) is 29.1. The third-order valence-electron chi connectivity index (χ3n) is 5.31. The fraction of sp³-hybridized carbons (Fsp3) is 0.500. The Morgan fingerprint density at radius 2 is 1.86 bits per heavy atom. The molecule has 154 valence electrons. The molecule has 9 heteroatoms. The number of carbonyl (C=O) groups excluding carboxylic acids is 2. The molecule has 8 nitrogen and oxygen atoms in total. The molecule has 0 spiro atoms. The molecule has 2 amide bonds. The number of piperazine rings is 1. The maximum absolute atomic E-state index is 12.3. The number of rotatable bonds is 7. The zero-order chi connectivity index (χ0) is 20.2. The summed E-state index contributed by atoms with van der Waals surface area (Å²) in [5.74, 6) is -0.0978. The first kappa shape index (κ1) is 19.9. The van der Waals surface area contributed by atoms with E-state index in [0.29, 0.717) is 17.6 Å². The number of para-hydroxylation sites is 1. The van der Waals surface area contributed by atoms with Gasteiger partial charge < -0.3 is 10.6 Å². The smallest absolute Gasteiger partial charge is 0.286 e. The highest BCUT2D eigenvalue weighted by Crippen LogP contribution is 2.20. The monoisotopic (exact) mass is 414 g/mol. The number of amides is 2. The van der Waals surface area contributed by atoms with Crippen molar-refractivity contribution in [3.8, 4) is 0 Å². The molecule has 1 aliphatic heterocycles. The zero-order valence-corrected chi connectivity index (χ0v) is 17.3. The molecule has 2 N–H and O–H groups in total. The fourth-order valence-corrected chi connectivity index (χ4v) is 4.11. The highest BCUT2D eigenvalue weighted by molar-refractivity contribution is 7.13. The van der Waals surface area contributed by atoms with E-state index in [-0.39, 0.29) is 17.9 Å². The predicted octanol–water partition coefficient (Wildman–Crippen LogP) is 1.58. The number of hydrogen-bond acceptors (Lipinski definition) is 7. The van der Waals surface area contributed by atoms with E-state index in [4.69, 9.17) is 0 Å². The van der Waals surface area contributed by atoms with Crippen LogP contribution in [0.15, 0.2) is 30.3 Å². The number of benzene rings is 1. The summed E-state index contributed by atoms with van der Waals surface area (Å²) in [5, 5.41) is 15.3. The van der Waals surface area contributed by atoms with Crippen molar-refractivity contribution in [3.05, 3.63) is 40.3 Å². The molecular formula is C20H26N6O2S. The van der Waals surface area contributed by atoms with Crippen molar-refractivity contribution in [3.63, 3.8) is 0 Å². The molecule has 1 atom stereocenters. The Hall–Kier alpha value is -2.36. The Morgan fingerprint density at radius 1 is 1.14 bits per heavy atom. The van der Waals surface area contributed by atoms with Gasteiger partial charge in [0.15, 0.2) is 0 Å². The number of carbonyl (C=O) groups is 2. The van der Waals surface area contributed by atoms with Crippen LogP contribution in [0.4, 0.5) is 5.69 Å². The zero-order valence-electron chi connectivity index (χ0n) is 16.5. The summed E-state index contributed by atoms with van der Waals surface area (Å²) < 4.78 is 0.